The lowest BCUT2D eigenvalue weighted by atomic mass is 10.1. The van der Waals surface area contributed by atoms with E-state index >= 15 is 0 Å². The highest BCUT2D eigenvalue weighted by Gasteiger charge is 1.92. The van der Waals surface area contributed by atoms with Crippen molar-refractivity contribution in [1.82, 2.24) is 0 Å². The van der Waals surface area contributed by atoms with Crippen molar-refractivity contribution in [3.05, 3.63) is 41.5 Å². The molecule has 2 nitrogen and oxygen atoms in total. The van der Waals surface area contributed by atoms with Crippen LogP contribution in [0.2, 0.25) is 0 Å². The molecular formula is C13H12O2S. The molecule has 0 spiro atoms. The minimum Gasteiger partial charge on any atom is -0.466 e. The van der Waals surface area contributed by atoms with Crippen LogP contribution in [-0.2, 0) is 9.53 Å². The zero-order valence-electron chi connectivity index (χ0n) is 8.93. The average Bonchev–Trinajstić information content (AvgIpc) is 2.34. The van der Waals surface area contributed by atoms with Crippen molar-refractivity contribution < 1.29 is 9.53 Å². The number of thiol groups is 1. The van der Waals surface area contributed by atoms with Crippen LogP contribution in [-0.4, -0.2) is 18.8 Å². The Bertz CT molecular complexity index is 435. The van der Waals surface area contributed by atoms with Crippen LogP contribution < -0.4 is 0 Å². The van der Waals surface area contributed by atoms with Gasteiger partial charge in [-0.05, 0) is 23.8 Å². The number of esters is 1. The first-order valence-electron chi connectivity index (χ1n) is 4.72. The fourth-order valence-electron chi connectivity index (χ4n) is 1.05. The van der Waals surface area contributed by atoms with Crippen LogP contribution >= 0.6 is 12.6 Å². The summed E-state index contributed by atoms with van der Waals surface area (Å²) in [5.74, 6) is 6.00. The molecule has 0 saturated heterocycles. The second-order valence-corrected chi connectivity index (χ2v) is 3.25. The highest BCUT2D eigenvalue weighted by Crippen LogP contribution is 2.05. The quantitative estimate of drug-likeness (QED) is 0.366. The van der Waals surface area contributed by atoms with Gasteiger partial charge in [0.25, 0.3) is 0 Å². The van der Waals surface area contributed by atoms with Gasteiger partial charge in [0, 0.05) is 11.6 Å². The lowest BCUT2D eigenvalue weighted by Crippen LogP contribution is -1.93. The average molecular weight is 232 g/mol. The van der Waals surface area contributed by atoms with Crippen LogP contribution in [0.1, 0.15) is 11.1 Å². The molecule has 82 valence electrons. The normalized spacial score (nSPS) is 9.62. The van der Waals surface area contributed by atoms with Crippen molar-refractivity contribution in [1.29, 1.82) is 0 Å². The topological polar surface area (TPSA) is 26.3 Å². The zero-order chi connectivity index (χ0) is 11.8. The van der Waals surface area contributed by atoms with E-state index in [0.717, 1.165) is 11.1 Å². The van der Waals surface area contributed by atoms with E-state index in [1.165, 1.54) is 13.2 Å². The van der Waals surface area contributed by atoms with Crippen LogP contribution in [0.4, 0.5) is 0 Å². The van der Waals surface area contributed by atoms with Crippen molar-refractivity contribution in [2.75, 3.05) is 12.9 Å². The van der Waals surface area contributed by atoms with E-state index in [0.29, 0.717) is 5.75 Å². The molecule has 0 N–H and O–H groups in total. The molecule has 3 heteroatoms. The molecule has 0 aliphatic rings. The van der Waals surface area contributed by atoms with Gasteiger partial charge in [-0.1, -0.05) is 24.0 Å². The Hall–Kier alpha value is -1.66. The lowest BCUT2D eigenvalue weighted by molar-refractivity contribution is -0.134. The lowest BCUT2D eigenvalue weighted by Gasteiger charge is -1.94. The number of carbonyl (C=O) groups is 1. The van der Waals surface area contributed by atoms with Gasteiger partial charge < -0.3 is 4.74 Å². The summed E-state index contributed by atoms with van der Waals surface area (Å²) in [7, 11) is 1.35. The highest BCUT2D eigenvalue weighted by atomic mass is 32.1. The number of hydrogen-bond donors (Lipinski definition) is 1. The molecule has 0 amide bonds. The van der Waals surface area contributed by atoms with Gasteiger partial charge in [0.2, 0.25) is 0 Å². The molecule has 1 aromatic carbocycles. The number of ether oxygens (including phenoxy) is 1. The van der Waals surface area contributed by atoms with Crippen molar-refractivity contribution in [3.63, 3.8) is 0 Å². The Morgan fingerprint density at radius 1 is 1.44 bits per heavy atom. The predicted octanol–water partition coefficient (Wildman–Crippen LogP) is 2.15. The smallest absolute Gasteiger partial charge is 0.330 e. The summed E-state index contributed by atoms with van der Waals surface area (Å²) in [6.07, 6.45) is 3.08. The Labute approximate surface area is 101 Å². The summed E-state index contributed by atoms with van der Waals surface area (Å²) < 4.78 is 4.49. The monoisotopic (exact) mass is 232 g/mol. The Kier molecular flexibility index (Phi) is 5.24. The van der Waals surface area contributed by atoms with Crippen LogP contribution in [0.3, 0.4) is 0 Å². The third-order valence-corrected chi connectivity index (χ3v) is 1.99. The second-order valence-electron chi connectivity index (χ2n) is 2.94. The molecule has 0 aromatic heterocycles. The van der Waals surface area contributed by atoms with E-state index in [-0.39, 0.29) is 5.97 Å². The number of rotatable bonds is 2. The summed E-state index contributed by atoms with van der Waals surface area (Å²) in [4.78, 5) is 10.9. The number of methoxy groups -OCH3 is 1. The fraction of sp³-hybridized carbons (Fsp3) is 0.154. The minimum atomic E-state index is -0.362. The van der Waals surface area contributed by atoms with Gasteiger partial charge in [0.1, 0.15) is 0 Å². The zero-order valence-corrected chi connectivity index (χ0v) is 9.83. The Balaban J connectivity index is 2.72. The Morgan fingerprint density at radius 2 is 2.12 bits per heavy atom. The van der Waals surface area contributed by atoms with Crippen molar-refractivity contribution in [2.45, 2.75) is 0 Å². The van der Waals surface area contributed by atoms with E-state index in [2.05, 4.69) is 29.2 Å². The van der Waals surface area contributed by atoms with E-state index in [9.17, 15) is 4.79 Å². The molecule has 1 rings (SSSR count). The summed E-state index contributed by atoms with van der Waals surface area (Å²) in [5.41, 5.74) is 1.87. The van der Waals surface area contributed by atoms with E-state index in [1.807, 2.05) is 24.3 Å². The first-order chi connectivity index (χ1) is 7.76. The molecule has 1 aromatic rings. The molecular weight excluding hydrogens is 220 g/mol. The number of carbonyl (C=O) groups excluding carboxylic acids is 1. The molecule has 0 radical (unpaired) electrons. The first-order valence-corrected chi connectivity index (χ1v) is 5.35. The van der Waals surface area contributed by atoms with Gasteiger partial charge in [0.15, 0.2) is 0 Å². The van der Waals surface area contributed by atoms with Crippen LogP contribution in [0.15, 0.2) is 30.3 Å². The summed E-state index contributed by atoms with van der Waals surface area (Å²) >= 11 is 4.00. The fourth-order valence-corrected chi connectivity index (χ4v) is 1.13. The van der Waals surface area contributed by atoms with Crippen molar-refractivity contribution in [3.8, 4) is 11.8 Å². The molecule has 0 aliphatic carbocycles. The van der Waals surface area contributed by atoms with Gasteiger partial charge in [-0.2, -0.15) is 12.6 Å². The maximum Gasteiger partial charge on any atom is 0.330 e. The largest absolute Gasteiger partial charge is 0.466 e. The summed E-state index contributed by atoms with van der Waals surface area (Å²) in [6, 6.07) is 7.57. The summed E-state index contributed by atoms with van der Waals surface area (Å²) in [5, 5.41) is 0. The highest BCUT2D eigenvalue weighted by molar-refractivity contribution is 7.80. The molecule has 0 atom stereocenters. The predicted molar refractivity (Wildman–Crippen MR) is 68.2 cm³/mol. The molecule has 0 saturated carbocycles. The van der Waals surface area contributed by atoms with Gasteiger partial charge in [-0.3, -0.25) is 0 Å². The Morgan fingerprint density at radius 3 is 2.69 bits per heavy atom. The maximum absolute atomic E-state index is 10.9. The molecule has 16 heavy (non-hydrogen) atoms. The van der Waals surface area contributed by atoms with Crippen LogP contribution in [0, 0.1) is 11.8 Å². The number of hydrogen-bond acceptors (Lipinski definition) is 3. The second kappa shape index (κ2) is 6.76. The molecule has 0 bridgehead atoms. The van der Waals surface area contributed by atoms with Crippen LogP contribution in [0.5, 0.6) is 0 Å². The summed E-state index contributed by atoms with van der Waals surface area (Å²) in [6.45, 7) is 0. The van der Waals surface area contributed by atoms with Crippen molar-refractivity contribution >= 4 is 24.7 Å². The van der Waals surface area contributed by atoms with E-state index < -0.39 is 0 Å². The third-order valence-electron chi connectivity index (χ3n) is 1.84. The molecule has 0 aliphatic heterocycles. The SMILES string of the molecule is COC(=O)/C=C/c1ccc(C#CCS)cc1. The third kappa shape index (κ3) is 4.24. The standard InChI is InChI=1S/C13H12O2S/c1-15-13(14)9-8-12-6-4-11(5-7-12)3-2-10-16/h4-9,16H,10H2,1H3/b9-8+. The molecule has 0 fully saturated rings. The first kappa shape index (κ1) is 12.4. The van der Waals surface area contributed by atoms with Gasteiger partial charge in [-0.15, -0.1) is 0 Å². The van der Waals surface area contributed by atoms with Gasteiger partial charge >= 0.3 is 5.97 Å². The van der Waals surface area contributed by atoms with Gasteiger partial charge in [0.05, 0.1) is 12.9 Å². The maximum atomic E-state index is 10.9. The number of benzene rings is 1. The van der Waals surface area contributed by atoms with E-state index in [1.54, 1.807) is 6.08 Å². The van der Waals surface area contributed by atoms with Crippen LogP contribution in [0.25, 0.3) is 6.08 Å². The van der Waals surface area contributed by atoms with Crippen molar-refractivity contribution in [2.24, 2.45) is 0 Å². The molecule has 0 heterocycles. The van der Waals surface area contributed by atoms with Gasteiger partial charge in [-0.25, -0.2) is 4.79 Å². The minimum absolute atomic E-state index is 0.362. The van der Waals surface area contributed by atoms with E-state index in [4.69, 9.17) is 0 Å². The molecule has 0 unspecified atom stereocenters.